The van der Waals surface area contributed by atoms with Crippen LogP contribution in [0.4, 0.5) is 24.5 Å². The van der Waals surface area contributed by atoms with Crippen molar-refractivity contribution in [3.63, 3.8) is 0 Å². The van der Waals surface area contributed by atoms with Crippen LogP contribution in [0.15, 0.2) is 58.5 Å². The van der Waals surface area contributed by atoms with E-state index in [-0.39, 0.29) is 35.3 Å². The number of hydrogen-bond acceptors (Lipinski definition) is 5. The molecule has 0 aliphatic rings. The molecule has 0 radical (unpaired) electrons. The first-order valence-corrected chi connectivity index (χ1v) is 11.3. The third kappa shape index (κ3) is 6.25. The zero-order valence-corrected chi connectivity index (χ0v) is 19.1. The number of alkyl halides is 3. The Labute approximate surface area is 197 Å². The van der Waals surface area contributed by atoms with E-state index in [1.165, 1.54) is 36.0 Å². The van der Waals surface area contributed by atoms with Gasteiger partial charge in [-0.3, -0.25) is 14.4 Å². The van der Waals surface area contributed by atoms with Crippen molar-refractivity contribution in [1.29, 1.82) is 0 Å². The summed E-state index contributed by atoms with van der Waals surface area (Å²) in [5, 5.41) is 5.53. The van der Waals surface area contributed by atoms with Crippen molar-refractivity contribution in [2.45, 2.75) is 31.1 Å². The van der Waals surface area contributed by atoms with Gasteiger partial charge in [-0.25, -0.2) is 4.98 Å². The summed E-state index contributed by atoms with van der Waals surface area (Å²) < 4.78 is 38.8. The minimum Gasteiger partial charge on any atom is -0.325 e. The number of H-pyrrole nitrogens is 1. The quantitative estimate of drug-likeness (QED) is 0.331. The number of amides is 2. The lowest BCUT2D eigenvalue weighted by Crippen LogP contribution is -2.21. The van der Waals surface area contributed by atoms with Gasteiger partial charge in [-0.05, 0) is 49.9 Å². The highest BCUT2D eigenvalue weighted by atomic mass is 32.2. The fourth-order valence-corrected chi connectivity index (χ4v) is 3.61. The van der Waals surface area contributed by atoms with Crippen LogP contribution >= 0.6 is 11.8 Å². The lowest BCUT2D eigenvalue weighted by atomic mass is 10.1. The standard InChI is InChI=1S/C23H21F3N4O3S/c1-13-16(20(32)30-22(27-13)34-2)10-11-19(31)29-18-9-4-3-8-17(18)21(33)28-15-7-5-6-14(12-15)23(24,25)26/h3-9,12H,10-11H2,1-2H3,(H,28,33)(H,29,31)(H,27,30,32). The van der Waals surface area contributed by atoms with E-state index in [0.29, 0.717) is 16.4 Å². The lowest BCUT2D eigenvalue weighted by Gasteiger charge is -2.13. The Morgan fingerprint density at radius 3 is 2.50 bits per heavy atom. The van der Waals surface area contributed by atoms with Gasteiger partial charge in [0, 0.05) is 23.4 Å². The van der Waals surface area contributed by atoms with Gasteiger partial charge in [0.1, 0.15) is 0 Å². The number of carbonyl (C=O) groups is 2. The molecule has 0 saturated carbocycles. The number of halogens is 3. The predicted molar refractivity (Wildman–Crippen MR) is 124 cm³/mol. The summed E-state index contributed by atoms with van der Waals surface area (Å²) in [6, 6.07) is 10.4. The largest absolute Gasteiger partial charge is 0.416 e. The summed E-state index contributed by atoms with van der Waals surface area (Å²) in [7, 11) is 0. The number of para-hydroxylation sites is 1. The minimum atomic E-state index is -4.54. The Kier molecular flexibility index (Phi) is 7.77. The zero-order chi connectivity index (χ0) is 24.9. The second-order valence-corrected chi connectivity index (χ2v) is 8.06. The summed E-state index contributed by atoms with van der Waals surface area (Å²) in [6.45, 7) is 1.69. The molecule has 7 nitrogen and oxygen atoms in total. The molecule has 0 aliphatic carbocycles. The Bertz CT molecular complexity index is 1270. The molecule has 3 rings (SSSR count). The average Bonchev–Trinajstić information content (AvgIpc) is 2.78. The molecule has 0 aliphatic heterocycles. The third-order valence-electron chi connectivity index (χ3n) is 4.89. The molecule has 0 atom stereocenters. The number of hydrogen-bond donors (Lipinski definition) is 3. The van der Waals surface area contributed by atoms with Gasteiger partial charge in [0.2, 0.25) is 5.91 Å². The fourth-order valence-electron chi connectivity index (χ4n) is 3.19. The molecule has 34 heavy (non-hydrogen) atoms. The molecule has 3 aromatic rings. The first-order chi connectivity index (χ1) is 16.1. The molecule has 11 heteroatoms. The number of thioether (sulfide) groups is 1. The van der Waals surface area contributed by atoms with E-state index in [1.54, 1.807) is 25.3 Å². The molecule has 0 saturated heterocycles. The van der Waals surface area contributed by atoms with Crippen LogP contribution in [-0.2, 0) is 17.4 Å². The third-order valence-corrected chi connectivity index (χ3v) is 5.47. The van der Waals surface area contributed by atoms with Gasteiger partial charge in [-0.15, -0.1) is 0 Å². The SMILES string of the molecule is CSc1nc(C)c(CCC(=O)Nc2ccccc2C(=O)Nc2cccc(C(F)(F)F)c2)c(=O)[nH]1. The summed E-state index contributed by atoms with van der Waals surface area (Å²) in [4.78, 5) is 44.4. The monoisotopic (exact) mass is 490 g/mol. The van der Waals surface area contributed by atoms with E-state index in [1.807, 2.05) is 0 Å². The minimum absolute atomic E-state index is 0.0307. The Hall–Kier alpha value is -3.60. The molecule has 1 aromatic heterocycles. The van der Waals surface area contributed by atoms with Gasteiger partial charge in [-0.1, -0.05) is 30.0 Å². The highest BCUT2D eigenvalue weighted by molar-refractivity contribution is 7.98. The summed E-state index contributed by atoms with van der Waals surface area (Å²) >= 11 is 1.30. The molecule has 1 heterocycles. The van der Waals surface area contributed by atoms with Gasteiger partial charge in [-0.2, -0.15) is 13.2 Å². The molecule has 2 aromatic carbocycles. The van der Waals surface area contributed by atoms with E-state index in [0.717, 1.165) is 12.1 Å². The second-order valence-electron chi connectivity index (χ2n) is 7.27. The maximum absolute atomic E-state index is 12.9. The highest BCUT2D eigenvalue weighted by Gasteiger charge is 2.30. The summed E-state index contributed by atoms with van der Waals surface area (Å²) in [5.41, 5.74) is -0.0448. The normalized spacial score (nSPS) is 11.2. The van der Waals surface area contributed by atoms with E-state index < -0.39 is 23.6 Å². The zero-order valence-electron chi connectivity index (χ0n) is 18.2. The number of aromatic amines is 1. The van der Waals surface area contributed by atoms with E-state index in [4.69, 9.17) is 0 Å². The number of carbonyl (C=O) groups excluding carboxylic acids is 2. The Morgan fingerprint density at radius 2 is 1.82 bits per heavy atom. The molecule has 0 unspecified atom stereocenters. The molecule has 2 amide bonds. The van der Waals surface area contributed by atoms with Crippen LogP contribution in [0.3, 0.4) is 0 Å². The molecule has 0 fully saturated rings. The number of anilines is 2. The van der Waals surface area contributed by atoms with E-state index in [2.05, 4.69) is 20.6 Å². The summed E-state index contributed by atoms with van der Waals surface area (Å²) in [6.07, 6.45) is -2.65. The van der Waals surface area contributed by atoms with Crippen molar-refractivity contribution in [2.24, 2.45) is 0 Å². The van der Waals surface area contributed by atoms with Crippen LogP contribution < -0.4 is 16.2 Å². The second kappa shape index (κ2) is 10.6. The highest BCUT2D eigenvalue weighted by Crippen LogP contribution is 2.31. The summed E-state index contributed by atoms with van der Waals surface area (Å²) in [5.74, 6) is -1.12. The smallest absolute Gasteiger partial charge is 0.325 e. The van der Waals surface area contributed by atoms with E-state index in [9.17, 15) is 27.6 Å². The maximum atomic E-state index is 12.9. The Morgan fingerprint density at radius 1 is 1.09 bits per heavy atom. The van der Waals surface area contributed by atoms with Crippen molar-refractivity contribution in [2.75, 3.05) is 16.9 Å². The van der Waals surface area contributed by atoms with Gasteiger partial charge in [0.25, 0.3) is 11.5 Å². The first kappa shape index (κ1) is 25.0. The molecule has 0 spiro atoms. The van der Waals surface area contributed by atoms with Crippen molar-refractivity contribution < 1.29 is 22.8 Å². The number of benzene rings is 2. The van der Waals surface area contributed by atoms with Gasteiger partial charge in [0.05, 0.1) is 16.8 Å². The molecule has 0 bridgehead atoms. The topological polar surface area (TPSA) is 104 Å². The predicted octanol–water partition coefficient (Wildman–Crippen LogP) is 4.64. The Balaban J connectivity index is 1.70. The van der Waals surface area contributed by atoms with Crippen LogP contribution in [0.1, 0.15) is 33.6 Å². The number of rotatable bonds is 7. The molecular weight excluding hydrogens is 469 g/mol. The number of nitrogens with zero attached hydrogens (tertiary/aromatic N) is 1. The molecule has 3 N–H and O–H groups in total. The number of aromatic nitrogens is 2. The van der Waals surface area contributed by atoms with Crippen LogP contribution in [0.5, 0.6) is 0 Å². The van der Waals surface area contributed by atoms with Crippen LogP contribution in [-0.4, -0.2) is 28.0 Å². The van der Waals surface area contributed by atoms with Crippen molar-refractivity contribution in [3.8, 4) is 0 Å². The van der Waals surface area contributed by atoms with Crippen LogP contribution in [0.25, 0.3) is 0 Å². The van der Waals surface area contributed by atoms with Crippen molar-refractivity contribution >= 4 is 35.0 Å². The van der Waals surface area contributed by atoms with Crippen LogP contribution in [0, 0.1) is 6.92 Å². The van der Waals surface area contributed by atoms with Gasteiger partial charge in [0.15, 0.2) is 5.16 Å². The van der Waals surface area contributed by atoms with Crippen molar-refractivity contribution in [3.05, 3.63) is 81.3 Å². The van der Waals surface area contributed by atoms with Crippen LogP contribution in [0.2, 0.25) is 0 Å². The first-order valence-electron chi connectivity index (χ1n) is 10.1. The van der Waals surface area contributed by atoms with Crippen molar-refractivity contribution in [1.82, 2.24) is 9.97 Å². The lowest BCUT2D eigenvalue weighted by molar-refractivity contribution is -0.137. The van der Waals surface area contributed by atoms with E-state index >= 15 is 0 Å². The van der Waals surface area contributed by atoms with Gasteiger partial charge >= 0.3 is 6.18 Å². The number of aryl methyl sites for hydroxylation is 1. The molecule has 178 valence electrons. The van der Waals surface area contributed by atoms with Gasteiger partial charge < -0.3 is 15.6 Å². The molecular formula is C23H21F3N4O3S. The average molecular weight is 491 g/mol. The number of nitrogens with one attached hydrogen (secondary N) is 3. The maximum Gasteiger partial charge on any atom is 0.416 e. The fraction of sp³-hybridized carbons (Fsp3) is 0.217.